The van der Waals surface area contributed by atoms with Crippen molar-refractivity contribution in [2.75, 3.05) is 4.90 Å². The Balaban J connectivity index is 1.81. The number of aliphatic hydroxyl groups is 1. The summed E-state index contributed by atoms with van der Waals surface area (Å²) in [7, 11) is 0. The molecule has 1 aromatic heterocycles. The second-order valence-electron chi connectivity index (χ2n) is 8.29. The van der Waals surface area contributed by atoms with Crippen molar-refractivity contribution in [2.24, 2.45) is 0 Å². The number of hydrogen-bond acceptors (Lipinski definition) is 4. The van der Waals surface area contributed by atoms with Gasteiger partial charge in [-0.3, -0.25) is 20.1 Å². The Kier molecular flexibility index (Phi) is 5.98. The number of halogens is 2. The monoisotopic (exact) mass is 489 g/mol. The molecule has 1 aliphatic carbocycles. The molecule has 1 unspecified atom stereocenters. The third kappa shape index (κ3) is 3.91. The van der Waals surface area contributed by atoms with Gasteiger partial charge in [-0.1, -0.05) is 29.3 Å². The molecule has 7 heteroatoms. The second kappa shape index (κ2) is 9.09. The van der Waals surface area contributed by atoms with E-state index in [9.17, 15) is 15.3 Å². The van der Waals surface area contributed by atoms with Gasteiger partial charge in [-0.25, -0.2) is 0 Å². The van der Waals surface area contributed by atoms with Crippen molar-refractivity contribution in [3.63, 3.8) is 0 Å². The van der Waals surface area contributed by atoms with Gasteiger partial charge in [0.25, 0.3) is 0 Å². The van der Waals surface area contributed by atoms with E-state index in [1.165, 1.54) is 0 Å². The van der Waals surface area contributed by atoms with E-state index < -0.39 is 5.92 Å². The molecule has 34 heavy (non-hydrogen) atoms. The highest BCUT2D eigenvalue weighted by Crippen LogP contribution is 2.47. The summed E-state index contributed by atoms with van der Waals surface area (Å²) in [4.78, 5) is 19.4. The van der Waals surface area contributed by atoms with E-state index in [-0.39, 0.29) is 17.4 Å². The van der Waals surface area contributed by atoms with E-state index in [0.29, 0.717) is 51.7 Å². The molecule has 0 radical (unpaired) electrons. The zero-order chi connectivity index (χ0) is 23.8. The summed E-state index contributed by atoms with van der Waals surface area (Å²) < 4.78 is 0. The molecule has 1 aliphatic heterocycles. The first kappa shape index (κ1) is 22.4. The second-order valence-corrected chi connectivity index (χ2v) is 9.16. The van der Waals surface area contributed by atoms with Crippen LogP contribution in [0.25, 0.3) is 5.76 Å². The summed E-state index contributed by atoms with van der Waals surface area (Å²) in [5.74, 6) is -0.553. The Morgan fingerprint density at radius 1 is 1.00 bits per heavy atom. The summed E-state index contributed by atoms with van der Waals surface area (Å²) in [6, 6.07) is 17.6. The normalized spacial score (nSPS) is 19.8. The van der Waals surface area contributed by atoms with E-state index in [0.717, 1.165) is 11.3 Å². The maximum Gasteiger partial charge on any atom is 0.161 e. The van der Waals surface area contributed by atoms with Crippen LogP contribution in [-0.2, 0) is 4.79 Å². The van der Waals surface area contributed by atoms with Gasteiger partial charge in [0.15, 0.2) is 5.78 Å². The van der Waals surface area contributed by atoms with Crippen molar-refractivity contribution < 1.29 is 9.90 Å². The molecule has 1 atom stereocenters. The van der Waals surface area contributed by atoms with Crippen molar-refractivity contribution in [3.05, 3.63) is 111 Å². The van der Waals surface area contributed by atoms with Crippen LogP contribution in [0.15, 0.2) is 89.9 Å². The number of pyridine rings is 1. The molecule has 0 saturated heterocycles. The molecular formula is C27H21Cl2N3O2. The van der Waals surface area contributed by atoms with E-state index in [1.807, 2.05) is 18.2 Å². The number of amidine groups is 1. The number of hydrogen-bond donors (Lipinski definition) is 2. The third-order valence-corrected chi connectivity index (χ3v) is 6.73. The van der Waals surface area contributed by atoms with Crippen LogP contribution in [0.5, 0.6) is 0 Å². The van der Waals surface area contributed by atoms with Crippen molar-refractivity contribution in [3.8, 4) is 0 Å². The number of ketones is 1. The van der Waals surface area contributed by atoms with E-state index in [2.05, 4.69) is 4.98 Å². The number of carbonyl (C=O) groups is 1. The molecule has 0 bridgehead atoms. The zero-order valence-corrected chi connectivity index (χ0v) is 19.6. The van der Waals surface area contributed by atoms with Gasteiger partial charge in [0.1, 0.15) is 11.6 Å². The van der Waals surface area contributed by atoms with Gasteiger partial charge in [0.2, 0.25) is 0 Å². The average Bonchev–Trinajstić information content (AvgIpc) is 2.85. The highest BCUT2D eigenvalue weighted by molar-refractivity contribution is 6.31. The first-order valence-electron chi connectivity index (χ1n) is 11.0. The van der Waals surface area contributed by atoms with Crippen LogP contribution in [0, 0.1) is 5.41 Å². The molecule has 2 heterocycles. The molecule has 0 fully saturated rings. The van der Waals surface area contributed by atoms with Crippen LogP contribution >= 0.6 is 23.2 Å². The van der Waals surface area contributed by atoms with E-state index in [1.54, 1.807) is 59.8 Å². The smallest absolute Gasteiger partial charge is 0.161 e. The van der Waals surface area contributed by atoms with Crippen LogP contribution in [-0.4, -0.2) is 21.7 Å². The summed E-state index contributed by atoms with van der Waals surface area (Å²) in [6.45, 7) is 0. The SMILES string of the molecule is N=C1/C(=C(/O)c2ccc(Cl)cc2)C(c2cccnc2)C2=C(CCCC2=O)N1c1ccc(Cl)cc1. The fraction of sp³-hybridized carbons (Fsp3) is 0.148. The number of carbonyl (C=O) groups excluding carboxylic acids is 1. The van der Waals surface area contributed by atoms with Crippen LogP contribution in [0.1, 0.15) is 36.3 Å². The van der Waals surface area contributed by atoms with Gasteiger partial charge in [0, 0.05) is 62.9 Å². The van der Waals surface area contributed by atoms with Gasteiger partial charge in [-0.05, 0) is 73.0 Å². The number of Topliss-reactive ketones (excluding diaryl/α,β-unsaturated/α-hetero) is 1. The number of anilines is 1. The Morgan fingerprint density at radius 2 is 1.68 bits per heavy atom. The molecule has 2 aromatic carbocycles. The summed E-state index contributed by atoms with van der Waals surface area (Å²) in [6.07, 6.45) is 5.14. The number of rotatable bonds is 3. The van der Waals surface area contributed by atoms with E-state index in [4.69, 9.17) is 23.2 Å². The molecular weight excluding hydrogens is 469 g/mol. The minimum Gasteiger partial charge on any atom is -0.507 e. The first-order valence-corrected chi connectivity index (χ1v) is 11.7. The lowest BCUT2D eigenvalue weighted by atomic mass is 9.74. The van der Waals surface area contributed by atoms with E-state index >= 15 is 0 Å². The Labute approximate surface area is 207 Å². The van der Waals surface area contributed by atoms with Crippen molar-refractivity contribution in [1.29, 1.82) is 5.41 Å². The van der Waals surface area contributed by atoms with Crippen molar-refractivity contribution in [1.82, 2.24) is 4.98 Å². The average molecular weight is 490 g/mol. The van der Waals surface area contributed by atoms with Gasteiger partial charge < -0.3 is 5.11 Å². The molecule has 0 saturated carbocycles. The third-order valence-electron chi connectivity index (χ3n) is 6.23. The fourth-order valence-corrected chi connectivity index (χ4v) is 4.96. The highest BCUT2D eigenvalue weighted by Gasteiger charge is 2.43. The molecule has 0 spiro atoms. The van der Waals surface area contributed by atoms with Crippen LogP contribution < -0.4 is 4.90 Å². The van der Waals surface area contributed by atoms with Gasteiger partial charge in [0.05, 0.1) is 0 Å². The lowest BCUT2D eigenvalue weighted by Crippen LogP contribution is -2.42. The highest BCUT2D eigenvalue weighted by atomic mass is 35.5. The predicted molar refractivity (Wildman–Crippen MR) is 136 cm³/mol. The molecule has 2 N–H and O–H groups in total. The van der Waals surface area contributed by atoms with Gasteiger partial charge >= 0.3 is 0 Å². The number of aromatic nitrogens is 1. The zero-order valence-electron chi connectivity index (χ0n) is 18.1. The number of nitrogens with zero attached hydrogens (tertiary/aromatic N) is 2. The van der Waals surface area contributed by atoms with Crippen LogP contribution in [0.2, 0.25) is 10.0 Å². The minimum atomic E-state index is -0.608. The Hall–Kier alpha value is -3.41. The van der Waals surface area contributed by atoms with Crippen molar-refractivity contribution >= 4 is 46.3 Å². The number of aliphatic hydroxyl groups excluding tert-OH is 1. The Morgan fingerprint density at radius 3 is 2.32 bits per heavy atom. The van der Waals surface area contributed by atoms with Crippen LogP contribution in [0.4, 0.5) is 5.69 Å². The first-order chi connectivity index (χ1) is 16.5. The van der Waals surface area contributed by atoms with Crippen molar-refractivity contribution in [2.45, 2.75) is 25.2 Å². The predicted octanol–water partition coefficient (Wildman–Crippen LogP) is 6.95. The Bertz CT molecular complexity index is 1330. The lowest BCUT2D eigenvalue weighted by Gasteiger charge is -2.41. The topological polar surface area (TPSA) is 77.3 Å². The molecule has 5 nitrogen and oxygen atoms in total. The largest absolute Gasteiger partial charge is 0.507 e. The molecule has 2 aliphatic rings. The molecule has 170 valence electrons. The number of benzene rings is 2. The summed E-state index contributed by atoms with van der Waals surface area (Å²) in [5.41, 5.74) is 3.70. The standard InChI is InChI=1S/C27H21Cl2N3O2/c28-18-8-6-16(7-9-18)26(34)25-23(17-3-2-14-31-15-17)24-21(4-1-5-22(24)33)32(27(25)30)20-12-10-19(29)11-13-20/h2-3,6-15,23,30,34H,1,4-5H2/b26-25+,30-27?. The van der Waals surface area contributed by atoms with Gasteiger partial charge in [-0.15, -0.1) is 0 Å². The fourth-order valence-electron chi connectivity index (χ4n) is 4.71. The van der Waals surface area contributed by atoms with Gasteiger partial charge in [-0.2, -0.15) is 0 Å². The molecule has 5 rings (SSSR count). The quantitative estimate of drug-likeness (QED) is 0.390. The van der Waals surface area contributed by atoms with Crippen LogP contribution in [0.3, 0.4) is 0 Å². The minimum absolute atomic E-state index is 0.0166. The maximum absolute atomic E-state index is 13.4. The number of nitrogens with one attached hydrogen (secondary N) is 1. The summed E-state index contributed by atoms with van der Waals surface area (Å²) >= 11 is 12.2. The summed E-state index contributed by atoms with van der Waals surface area (Å²) in [5, 5.41) is 21.9. The molecule has 3 aromatic rings. The lowest BCUT2D eigenvalue weighted by molar-refractivity contribution is -0.116. The molecule has 0 amide bonds. The number of allylic oxidation sites excluding steroid dienone is 2. The maximum atomic E-state index is 13.4.